The number of aryl methyl sites for hydroxylation is 2. The average Bonchev–Trinajstić information content (AvgIpc) is 3.02. The summed E-state index contributed by atoms with van der Waals surface area (Å²) in [7, 11) is 0. The van der Waals surface area contributed by atoms with Crippen LogP contribution in [0.2, 0.25) is 5.15 Å². The molecule has 1 N–H and O–H groups in total. The summed E-state index contributed by atoms with van der Waals surface area (Å²) in [5.74, 6) is 1.43. The Hall–Kier alpha value is -0.830. The highest BCUT2D eigenvalue weighted by molar-refractivity contribution is 6.31. The molecule has 0 unspecified atom stereocenters. The molecular weight excluding hydrogens is 234 g/mol. The second-order valence-electron chi connectivity index (χ2n) is 5.40. The molecule has 1 aliphatic rings. The summed E-state index contributed by atoms with van der Waals surface area (Å²) in [6.07, 6.45) is 2.60. The summed E-state index contributed by atoms with van der Waals surface area (Å²) in [5, 5.41) is 3.84. The summed E-state index contributed by atoms with van der Waals surface area (Å²) >= 11 is 6.09. The number of hydrogen-bond donors (Lipinski definition) is 1. The van der Waals surface area contributed by atoms with Crippen molar-refractivity contribution in [2.75, 3.05) is 11.9 Å². The fourth-order valence-electron chi connectivity index (χ4n) is 2.07. The van der Waals surface area contributed by atoms with Crippen molar-refractivity contribution >= 4 is 17.4 Å². The van der Waals surface area contributed by atoms with Crippen LogP contribution in [-0.2, 0) is 0 Å². The summed E-state index contributed by atoms with van der Waals surface area (Å²) in [6, 6.07) is 0. The molecule has 3 nitrogen and oxygen atoms in total. The molecule has 94 valence electrons. The van der Waals surface area contributed by atoms with Gasteiger partial charge >= 0.3 is 0 Å². The topological polar surface area (TPSA) is 37.8 Å². The lowest BCUT2D eigenvalue weighted by Crippen LogP contribution is -2.21. The van der Waals surface area contributed by atoms with E-state index in [1.54, 1.807) is 0 Å². The van der Waals surface area contributed by atoms with Crippen molar-refractivity contribution in [1.82, 2.24) is 9.97 Å². The standard InChI is InChI=1S/C13H20ClN3/c1-8(2)13(5-6-13)7-15-12-11(14)16-9(3)10(4)17-12/h8H,5-7H2,1-4H3,(H,15,17). The summed E-state index contributed by atoms with van der Waals surface area (Å²) in [6.45, 7) is 9.39. The molecule has 1 aromatic rings. The molecule has 0 bridgehead atoms. The average molecular weight is 254 g/mol. The Kier molecular flexibility index (Phi) is 3.30. The maximum absolute atomic E-state index is 6.09. The molecule has 0 aliphatic heterocycles. The quantitative estimate of drug-likeness (QED) is 0.891. The first-order valence-corrected chi connectivity index (χ1v) is 6.57. The maximum Gasteiger partial charge on any atom is 0.171 e. The molecule has 0 atom stereocenters. The van der Waals surface area contributed by atoms with Crippen molar-refractivity contribution in [3.05, 3.63) is 16.5 Å². The first-order valence-electron chi connectivity index (χ1n) is 6.19. The molecule has 0 amide bonds. The number of halogens is 1. The van der Waals surface area contributed by atoms with Gasteiger partial charge in [0, 0.05) is 6.54 Å². The number of hydrogen-bond acceptors (Lipinski definition) is 3. The molecule has 0 aromatic carbocycles. The Labute approximate surface area is 108 Å². The van der Waals surface area contributed by atoms with E-state index in [1.807, 2.05) is 13.8 Å². The molecule has 2 rings (SSSR count). The van der Waals surface area contributed by atoms with E-state index in [-0.39, 0.29) is 0 Å². The Morgan fingerprint density at radius 1 is 1.24 bits per heavy atom. The minimum Gasteiger partial charge on any atom is -0.367 e. The van der Waals surface area contributed by atoms with Gasteiger partial charge < -0.3 is 5.32 Å². The summed E-state index contributed by atoms with van der Waals surface area (Å²) in [4.78, 5) is 8.74. The van der Waals surface area contributed by atoms with E-state index in [0.717, 1.165) is 23.8 Å². The van der Waals surface area contributed by atoms with Gasteiger partial charge in [0.15, 0.2) is 11.0 Å². The van der Waals surface area contributed by atoms with Crippen molar-refractivity contribution in [2.45, 2.75) is 40.5 Å². The predicted octanol–water partition coefficient (Wildman–Crippen LogP) is 3.59. The van der Waals surface area contributed by atoms with Gasteiger partial charge in [-0.05, 0) is 38.0 Å². The van der Waals surface area contributed by atoms with Crippen LogP contribution in [0.1, 0.15) is 38.1 Å². The van der Waals surface area contributed by atoms with Crippen LogP contribution in [0.5, 0.6) is 0 Å². The zero-order valence-corrected chi connectivity index (χ0v) is 11.7. The van der Waals surface area contributed by atoms with Crippen LogP contribution in [0, 0.1) is 25.2 Å². The van der Waals surface area contributed by atoms with Gasteiger partial charge in [-0.1, -0.05) is 25.4 Å². The van der Waals surface area contributed by atoms with Crippen molar-refractivity contribution in [3.8, 4) is 0 Å². The first kappa shape index (κ1) is 12.6. The van der Waals surface area contributed by atoms with E-state index < -0.39 is 0 Å². The van der Waals surface area contributed by atoms with Gasteiger partial charge in [0.05, 0.1) is 11.4 Å². The lowest BCUT2D eigenvalue weighted by Gasteiger charge is -2.20. The largest absolute Gasteiger partial charge is 0.367 e. The third kappa shape index (κ3) is 2.54. The summed E-state index contributed by atoms with van der Waals surface area (Å²) in [5.41, 5.74) is 2.28. The second kappa shape index (κ2) is 4.45. The number of rotatable bonds is 4. The smallest absolute Gasteiger partial charge is 0.171 e. The van der Waals surface area contributed by atoms with E-state index in [4.69, 9.17) is 11.6 Å². The Morgan fingerprint density at radius 3 is 2.35 bits per heavy atom. The number of anilines is 1. The van der Waals surface area contributed by atoms with Crippen LogP contribution < -0.4 is 5.32 Å². The van der Waals surface area contributed by atoms with Crippen molar-refractivity contribution in [1.29, 1.82) is 0 Å². The monoisotopic (exact) mass is 253 g/mol. The predicted molar refractivity (Wildman–Crippen MR) is 71.5 cm³/mol. The zero-order valence-electron chi connectivity index (χ0n) is 11.0. The van der Waals surface area contributed by atoms with E-state index in [1.165, 1.54) is 12.8 Å². The van der Waals surface area contributed by atoms with Crippen LogP contribution in [0.4, 0.5) is 5.82 Å². The van der Waals surface area contributed by atoms with Crippen molar-refractivity contribution in [3.63, 3.8) is 0 Å². The fourth-order valence-corrected chi connectivity index (χ4v) is 2.30. The lowest BCUT2D eigenvalue weighted by atomic mass is 9.92. The van der Waals surface area contributed by atoms with Crippen LogP contribution in [0.3, 0.4) is 0 Å². The summed E-state index contributed by atoms with van der Waals surface area (Å²) < 4.78 is 0. The van der Waals surface area contributed by atoms with E-state index in [2.05, 4.69) is 29.1 Å². The highest BCUT2D eigenvalue weighted by Crippen LogP contribution is 2.51. The zero-order chi connectivity index (χ0) is 12.6. The van der Waals surface area contributed by atoms with E-state index in [9.17, 15) is 0 Å². The second-order valence-corrected chi connectivity index (χ2v) is 5.76. The molecule has 0 saturated heterocycles. The molecular formula is C13H20ClN3. The van der Waals surface area contributed by atoms with Crippen molar-refractivity contribution < 1.29 is 0 Å². The van der Waals surface area contributed by atoms with Gasteiger partial charge in [-0.3, -0.25) is 0 Å². The molecule has 17 heavy (non-hydrogen) atoms. The Bertz CT molecular complexity index is 425. The molecule has 0 spiro atoms. The Balaban J connectivity index is 2.07. The highest BCUT2D eigenvalue weighted by Gasteiger charge is 2.45. The Morgan fingerprint density at radius 2 is 1.82 bits per heavy atom. The fraction of sp³-hybridized carbons (Fsp3) is 0.692. The van der Waals surface area contributed by atoms with Gasteiger partial charge in [0.25, 0.3) is 0 Å². The number of aromatic nitrogens is 2. The minimum absolute atomic E-state index is 0.448. The van der Waals surface area contributed by atoms with Crippen LogP contribution in [-0.4, -0.2) is 16.5 Å². The van der Waals surface area contributed by atoms with Gasteiger partial charge in [-0.15, -0.1) is 0 Å². The molecule has 1 aliphatic carbocycles. The van der Waals surface area contributed by atoms with Crippen molar-refractivity contribution in [2.24, 2.45) is 11.3 Å². The van der Waals surface area contributed by atoms with Crippen LogP contribution in [0.25, 0.3) is 0 Å². The number of nitrogens with one attached hydrogen (secondary N) is 1. The van der Waals surface area contributed by atoms with Gasteiger partial charge in [-0.25, -0.2) is 9.97 Å². The third-order valence-electron chi connectivity index (χ3n) is 3.99. The molecule has 4 heteroatoms. The third-order valence-corrected chi connectivity index (χ3v) is 4.25. The number of nitrogens with zero attached hydrogens (tertiary/aromatic N) is 2. The molecule has 1 saturated carbocycles. The van der Waals surface area contributed by atoms with Crippen LogP contribution >= 0.6 is 11.6 Å². The minimum atomic E-state index is 0.448. The SMILES string of the molecule is Cc1nc(Cl)c(NCC2(C(C)C)CC2)nc1C. The van der Waals surface area contributed by atoms with Gasteiger partial charge in [0.1, 0.15) is 0 Å². The molecule has 1 fully saturated rings. The maximum atomic E-state index is 6.09. The van der Waals surface area contributed by atoms with Crippen LogP contribution in [0.15, 0.2) is 0 Å². The molecule has 0 radical (unpaired) electrons. The van der Waals surface area contributed by atoms with Gasteiger partial charge in [-0.2, -0.15) is 0 Å². The highest BCUT2D eigenvalue weighted by atomic mass is 35.5. The molecule has 1 aromatic heterocycles. The lowest BCUT2D eigenvalue weighted by molar-refractivity contribution is 0.380. The van der Waals surface area contributed by atoms with E-state index in [0.29, 0.717) is 16.5 Å². The molecule has 1 heterocycles. The first-order chi connectivity index (χ1) is 7.94. The van der Waals surface area contributed by atoms with E-state index >= 15 is 0 Å². The normalized spacial score (nSPS) is 17.3. The van der Waals surface area contributed by atoms with Gasteiger partial charge in [0.2, 0.25) is 0 Å².